The first-order chi connectivity index (χ1) is 14.2. The van der Waals surface area contributed by atoms with E-state index in [0.717, 1.165) is 37.0 Å². The fraction of sp³-hybridized carbons (Fsp3) is 0.526. The van der Waals surface area contributed by atoms with E-state index in [1.807, 2.05) is 0 Å². The number of carbonyl (C=O) groups is 1. The summed E-state index contributed by atoms with van der Waals surface area (Å²) < 4.78 is 18.1. The van der Waals surface area contributed by atoms with E-state index in [4.69, 9.17) is 14.2 Å². The molecule has 0 bridgehead atoms. The number of hydrogen-bond donors (Lipinski definition) is 1. The van der Waals surface area contributed by atoms with Gasteiger partial charge < -0.3 is 24.4 Å². The van der Waals surface area contributed by atoms with Crippen molar-refractivity contribution in [1.29, 1.82) is 0 Å². The van der Waals surface area contributed by atoms with Crippen LogP contribution in [-0.4, -0.2) is 66.9 Å². The highest BCUT2D eigenvalue weighted by Crippen LogP contribution is 2.41. The molecule has 1 amide bonds. The van der Waals surface area contributed by atoms with Crippen LogP contribution in [0.15, 0.2) is 23.4 Å². The van der Waals surface area contributed by atoms with Gasteiger partial charge in [0.1, 0.15) is 11.5 Å². The Bertz CT molecular complexity index is 842. The molecule has 2 aliphatic rings. The van der Waals surface area contributed by atoms with Gasteiger partial charge in [0, 0.05) is 43.0 Å². The first-order valence-corrected chi connectivity index (χ1v) is 10.6. The van der Waals surface area contributed by atoms with Crippen molar-refractivity contribution in [3.63, 3.8) is 0 Å². The van der Waals surface area contributed by atoms with Crippen molar-refractivity contribution in [2.24, 2.45) is 0 Å². The molecule has 1 saturated carbocycles. The van der Waals surface area contributed by atoms with Gasteiger partial charge in [-0.25, -0.2) is 0 Å². The predicted octanol–water partition coefficient (Wildman–Crippen LogP) is 2.20. The molecule has 2 heterocycles. The Labute approximate surface area is 173 Å². The third-order valence-corrected chi connectivity index (χ3v) is 5.76. The number of amides is 1. The third kappa shape index (κ3) is 4.76. The van der Waals surface area contributed by atoms with Gasteiger partial charge >= 0.3 is 0 Å². The smallest absolute Gasteiger partial charge is 0.234 e. The predicted molar refractivity (Wildman–Crippen MR) is 110 cm³/mol. The van der Waals surface area contributed by atoms with E-state index in [2.05, 4.69) is 25.0 Å². The van der Waals surface area contributed by atoms with Crippen molar-refractivity contribution in [2.45, 2.75) is 24.0 Å². The van der Waals surface area contributed by atoms with E-state index in [9.17, 15) is 4.79 Å². The van der Waals surface area contributed by atoms with E-state index in [0.29, 0.717) is 36.4 Å². The zero-order valence-corrected chi connectivity index (χ0v) is 17.4. The summed E-state index contributed by atoms with van der Waals surface area (Å²) in [5.74, 6) is 2.25. The first-order valence-electron chi connectivity index (χ1n) is 9.61. The molecule has 29 heavy (non-hydrogen) atoms. The fourth-order valence-corrected chi connectivity index (χ4v) is 4.01. The molecule has 1 saturated heterocycles. The van der Waals surface area contributed by atoms with Gasteiger partial charge in [-0.1, -0.05) is 11.8 Å². The summed E-state index contributed by atoms with van der Waals surface area (Å²) in [6.45, 7) is 3.03. The lowest BCUT2D eigenvalue weighted by molar-refractivity contribution is -0.113. The largest absolute Gasteiger partial charge is 0.497 e. The van der Waals surface area contributed by atoms with Gasteiger partial charge in [0.15, 0.2) is 5.16 Å². The Morgan fingerprint density at radius 2 is 1.86 bits per heavy atom. The van der Waals surface area contributed by atoms with Crippen molar-refractivity contribution in [1.82, 2.24) is 14.8 Å². The molecule has 1 aromatic heterocycles. The summed E-state index contributed by atoms with van der Waals surface area (Å²) in [6, 6.07) is 5.70. The quantitative estimate of drug-likeness (QED) is 0.651. The molecule has 9 nitrogen and oxygen atoms in total. The maximum Gasteiger partial charge on any atom is 0.234 e. The molecule has 0 unspecified atom stereocenters. The van der Waals surface area contributed by atoms with Crippen molar-refractivity contribution in [3.8, 4) is 11.5 Å². The standard InChI is InChI=1S/C19H25N5O4S/c1-26-15-9-13(10-16(11-15)27-2)20-17(25)12-29-19-22-21-18(24(19)14-3-4-14)23-5-7-28-8-6-23/h9-11,14H,3-8,12H2,1-2H3,(H,20,25). The van der Waals surface area contributed by atoms with E-state index in [1.165, 1.54) is 11.8 Å². The summed E-state index contributed by atoms with van der Waals surface area (Å²) in [7, 11) is 3.15. The van der Waals surface area contributed by atoms with Crippen molar-refractivity contribution in [2.75, 3.05) is 56.5 Å². The fourth-order valence-electron chi connectivity index (χ4n) is 3.21. The molecular weight excluding hydrogens is 394 g/mol. The molecule has 0 radical (unpaired) electrons. The second kappa shape index (κ2) is 8.91. The molecule has 1 aromatic carbocycles. The molecule has 1 N–H and O–H groups in total. The van der Waals surface area contributed by atoms with Crippen LogP contribution in [0.25, 0.3) is 0 Å². The molecule has 4 rings (SSSR count). The summed E-state index contributed by atoms with van der Waals surface area (Å²) in [5, 5.41) is 12.4. The van der Waals surface area contributed by atoms with Gasteiger partial charge in [0.05, 0.1) is 33.2 Å². The number of thioether (sulfide) groups is 1. The van der Waals surface area contributed by atoms with Crippen LogP contribution in [0.4, 0.5) is 11.6 Å². The molecule has 2 fully saturated rings. The van der Waals surface area contributed by atoms with Crippen molar-refractivity contribution < 1.29 is 19.0 Å². The zero-order chi connectivity index (χ0) is 20.2. The van der Waals surface area contributed by atoms with Gasteiger partial charge in [0.2, 0.25) is 11.9 Å². The highest BCUT2D eigenvalue weighted by atomic mass is 32.2. The lowest BCUT2D eigenvalue weighted by atomic mass is 10.2. The minimum atomic E-state index is -0.122. The van der Waals surface area contributed by atoms with Crippen LogP contribution >= 0.6 is 11.8 Å². The number of rotatable bonds is 8. The number of benzene rings is 1. The number of methoxy groups -OCH3 is 2. The van der Waals surface area contributed by atoms with Crippen molar-refractivity contribution in [3.05, 3.63) is 18.2 Å². The van der Waals surface area contributed by atoms with Gasteiger partial charge in [-0.05, 0) is 12.8 Å². The summed E-state index contributed by atoms with van der Waals surface area (Å²) in [6.07, 6.45) is 2.25. The molecule has 156 valence electrons. The highest BCUT2D eigenvalue weighted by Gasteiger charge is 2.32. The van der Waals surface area contributed by atoms with Crippen LogP contribution in [0.5, 0.6) is 11.5 Å². The lowest BCUT2D eigenvalue weighted by Gasteiger charge is -2.27. The monoisotopic (exact) mass is 419 g/mol. The van der Waals surface area contributed by atoms with Gasteiger partial charge in [0.25, 0.3) is 0 Å². The lowest BCUT2D eigenvalue weighted by Crippen LogP contribution is -2.38. The first kappa shape index (κ1) is 19.8. The number of hydrogen-bond acceptors (Lipinski definition) is 8. The van der Waals surface area contributed by atoms with E-state index < -0.39 is 0 Å². The normalized spacial score (nSPS) is 16.6. The molecule has 1 aliphatic carbocycles. The highest BCUT2D eigenvalue weighted by molar-refractivity contribution is 7.99. The minimum Gasteiger partial charge on any atom is -0.497 e. The average Bonchev–Trinajstić information content (AvgIpc) is 3.51. The number of carbonyl (C=O) groups excluding carboxylic acids is 1. The van der Waals surface area contributed by atoms with Gasteiger partial charge in [-0.3, -0.25) is 9.36 Å². The SMILES string of the molecule is COc1cc(NC(=O)CSc2nnc(N3CCOCC3)n2C2CC2)cc(OC)c1. The third-order valence-electron chi connectivity index (χ3n) is 4.82. The van der Waals surface area contributed by atoms with Gasteiger partial charge in [-0.2, -0.15) is 0 Å². The Hall–Kier alpha value is -2.46. The molecule has 10 heteroatoms. The van der Waals surface area contributed by atoms with Crippen molar-refractivity contribution >= 4 is 29.3 Å². The number of morpholine rings is 1. The van der Waals surface area contributed by atoms with E-state index >= 15 is 0 Å². The number of ether oxygens (including phenoxy) is 3. The molecule has 1 aliphatic heterocycles. The van der Waals surface area contributed by atoms with E-state index in [-0.39, 0.29) is 11.7 Å². The van der Waals surface area contributed by atoms with E-state index in [1.54, 1.807) is 32.4 Å². The minimum absolute atomic E-state index is 0.122. The molecule has 0 spiro atoms. The summed E-state index contributed by atoms with van der Waals surface area (Å²) in [5.41, 5.74) is 0.629. The van der Waals surface area contributed by atoms with Crippen LogP contribution < -0.4 is 19.7 Å². The zero-order valence-electron chi connectivity index (χ0n) is 16.6. The Kier molecular flexibility index (Phi) is 6.10. The number of nitrogens with zero attached hydrogens (tertiary/aromatic N) is 4. The topological polar surface area (TPSA) is 90.7 Å². The maximum absolute atomic E-state index is 12.5. The Morgan fingerprint density at radius 3 is 2.48 bits per heavy atom. The molecular formula is C19H25N5O4S. The summed E-state index contributed by atoms with van der Waals surface area (Å²) in [4.78, 5) is 14.7. The average molecular weight is 420 g/mol. The van der Waals surface area contributed by atoms with Crippen LogP contribution in [0.3, 0.4) is 0 Å². The Morgan fingerprint density at radius 1 is 1.17 bits per heavy atom. The maximum atomic E-state index is 12.5. The molecule has 2 aromatic rings. The van der Waals surface area contributed by atoms with Crippen LogP contribution in [0.2, 0.25) is 0 Å². The Balaban J connectivity index is 1.41. The summed E-state index contributed by atoms with van der Waals surface area (Å²) >= 11 is 1.40. The van der Waals surface area contributed by atoms with Crippen LogP contribution in [0, 0.1) is 0 Å². The molecule has 0 atom stereocenters. The van der Waals surface area contributed by atoms with Gasteiger partial charge in [-0.15, -0.1) is 10.2 Å². The second-order valence-corrected chi connectivity index (χ2v) is 7.86. The van der Waals surface area contributed by atoms with Crippen LogP contribution in [-0.2, 0) is 9.53 Å². The number of aromatic nitrogens is 3. The van der Waals surface area contributed by atoms with Crippen LogP contribution in [0.1, 0.15) is 18.9 Å². The second-order valence-electron chi connectivity index (χ2n) is 6.92. The number of anilines is 2. The number of nitrogens with one attached hydrogen (secondary N) is 1.